The van der Waals surface area contributed by atoms with Crippen LogP contribution >= 0.6 is 0 Å². The second-order valence-electron chi connectivity index (χ2n) is 9.37. The fourth-order valence-corrected chi connectivity index (χ4v) is 3.56. The third kappa shape index (κ3) is 12.7. The Bertz CT molecular complexity index is 1010. The maximum atomic E-state index is 13.2. The number of nitrogens with one attached hydrogen (secondary N) is 3. The Kier molecular flexibility index (Phi) is 14.0. The summed E-state index contributed by atoms with van der Waals surface area (Å²) in [5.41, 5.74) is 17.1. The van der Waals surface area contributed by atoms with Crippen molar-refractivity contribution in [3.05, 3.63) is 35.9 Å². The van der Waals surface area contributed by atoms with Gasteiger partial charge < -0.3 is 43.4 Å². The summed E-state index contributed by atoms with van der Waals surface area (Å²) >= 11 is 0. The van der Waals surface area contributed by atoms with Crippen LogP contribution in [0.25, 0.3) is 0 Å². The predicted octanol–water partition coefficient (Wildman–Crippen LogP) is -1.33. The van der Waals surface area contributed by atoms with Gasteiger partial charge in [-0.25, -0.2) is 4.79 Å². The lowest BCUT2D eigenvalue weighted by Gasteiger charge is -2.26. The first kappa shape index (κ1) is 32.8. The number of carbonyl (C=O) groups excluding carboxylic acids is 3. The lowest BCUT2D eigenvalue weighted by molar-refractivity contribution is -0.143. The lowest BCUT2D eigenvalue weighted by atomic mass is 10.0. The first-order chi connectivity index (χ1) is 18.3. The number of rotatable bonds is 17. The van der Waals surface area contributed by atoms with Gasteiger partial charge >= 0.3 is 11.9 Å². The quantitative estimate of drug-likeness (QED) is 0.0645. The molecule has 1 rings (SSSR count). The number of nitrogens with two attached hydrogens (primary N) is 3. The number of nitrogens with zero attached hydrogens (tertiary/aromatic N) is 1. The zero-order valence-electron chi connectivity index (χ0n) is 22.1. The maximum Gasteiger partial charge on any atom is 0.326 e. The maximum absolute atomic E-state index is 13.2. The number of hydrogen-bond donors (Lipinski definition) is 8. The Hall–Kier alpha value is -4.20. The molecule has 4 unspecified atom stereocenters. The number of amides is 3. The number of guanidine groups is 1. The Morgan fingerprint density at radius 1 is 0.872 bits per heavy atom. The van der Waals surface area contributed by atoms with Gasteiger partial charge in [0.05, 0.1) is 6.04 Å². The van der Waals surface area contributed by atoms with Gasteiger partial charge in [0.25, 0.3) is 0 Å². The molecule has 0 aromatic heterocycles. The smallest absolute Gasteiger partial charge is 0.326 e. The van der Waals surface area contributed by atoms with Crippen LogP contribution in [0.15, 0.2) is 35.3 Å². The van der Waals surface area contributed by atoms with Gasteiger partial charge in [0.1, 0.15) is 18.1 Å². The van der Waals surface area contributed by atoms with Crippen LogP contribution in [0.1, 0.15) is 45.1 Å². The Balaban J connectivity index is 3.07. The van der Waals surface area contributed by atoms with Crippen LogP contribution in [-0.4, -0.2) is 76.5 Å². The van der Waals surface area contributed by atoms with E-state index >= 15 is 0 Å². The fourth-order valence-electron chi connectivity index (χ4n) is 3.56. The van der Waals surface area contributed by atoms with E-state index in [4.69, 9.17) is 22.3 Å². The molecule has 0 spiro atoms. The van der Waals surface area contributed by atoms with Gasteiger partial charge in [-0.3, -0.25) is 24.2 Å². The van der Waals surface area contributed by atoms with E-state index < -0.39 is 66.2 Å². The van der Waals surface area contributed by atoms with E-state index in [-0.39, 0.29) is 31.8 Å². The molecule has 0 aliphatic heterocycles. The number of hydrogen-bond acceptors (Lipinski definition) is 7. The summed E-state index contributed by atoms with van der Waals surface area (Å²) in [5, 5.41) is 26.0. The summed E-state index contributed by atoms with van der Waals surface area (Å²) in [4.78, 5) is 65.5. The molecule has 0 aliphatic carbocycles. The summed E-state index contributed by atoms with van der Waals surface area (Å²) in [5.74, 6) is -5.21. The summed E-state index contributed by atoms with van der Waals surface area (Å²) in [6, 6.07) is 3.96. The number of carbonyl (C=O) groups is 5. The highest BCUT2D eigenvalue weighted by Gasteiger charge is 2.31. The first-order valence-electron chi connectivity index (χ1n) is 12.5. The van der Waals surface area contributed by atoms with Crippen LogP contribution in [-0.2, 0) is 30.4 Å². The number of benzene rings is 1. The van der Waals surface area contributed by atoms with Gasteiger partial charge in [0.15, 0.2) is 5.96 Å². The van der Waals surface area contributed by atoms with Crippen molar-refractivity contribution in [3.63, 3.8) is 0 Å². The molecule has 14 nitrogen and oxygen atoms in total. The lowest BCUT2D eigenvalue weighted by Crippen LogP contribution is -2.58. The monoisotopic (exact) mass is 549 g/mol. The summed E-state index contributed by atoms with van der Waals surface area (Å²) in [6.45, 7) is 3.50. The molecule has 0 fully saturated rings. The van der Waals surface area contributed by atoms with E-state index in [1.165, 1.54) is 0 Å². The zero-order valence-corrected chi connectivity index (χ0v) is 22.1. The third-order valence-corrected chi connectivity index (χ3v) is 5.73. The molecule has 0 saturated heterocycles. The topological polar surface area (TPSA) is 252 Å². The van der Waals surface area contributed by atoms with E-state index in [0.717, 1.165) is 0 Å². The van der Waals surface area contributed by atoms with Gasteiger partial charge in [-0.15, -0.1) is 0 Å². The van der Waals surface area contributed by atoms with Crippen molar-refractivity contribution in [3.8, 4) is 0 Å². The minimum absolute atomic E-state index is 0.0206. The van der Waals surface area contributed by atoms with Crippen LogP contribution in [0, 0.1) is 5.92 Å². The summed E-state index contributed by atoms with van der Waals surface area (Å²) in [6.07, 6.45) is -0.106. The second-order valence-corrected chi connectivity index (χ2v) is 9.37. The van der Waals surface area contributed by atoms with Gasteiger partial charge in [0.2, 0.25) is 17.7 Å². The minimum atomic E-state index is -1.32. The molecule has 14 heteroatoms. The standard InChI is InChI=1S/C25H39N7O7/c1-14(2)20(24(38)39)32-23(37)18(13-15-7-4-3-5-8-15)31-22(36)17(10-11-19(33)34)30-21(35)16(26)9-6-12-29-25(27)28/h3-5,7-8,14,16-18,20H,6,9-13,26H2,1-2H3,(H,30,35)(H,31,36)(H,32,37)(H,33,34)(H,38,39)(H4,27,28,29). The molecule has 0 bridgehead atoms. The molecule has 0 saturated carbocycles. The summed E-state index contributed by atoms with van der Waals surface area (Å²) in [7, 11) is 0. The number of aliphatic carboxylic acids is 2. The first-order valence-corrected chi connectivity index (χ1v) is 12.5. The van der Waals surface area contributed by atoms with E-state index in [1.54, 1.807) is 44.2 Å². The Morgan fingerprint density at radius 2 is 1.46 bits per heavy atom. The predicted molar refractivity (Wildman–Crippen MR) is 143 cm³/mol. The highest BCUT2D eigenvalue weighted by atomic mass is 16.4. The van der Waals surface area contributed by atoms with Gasteiger partial charge in [-0.2, -0.15) is 0 Å². The fraction of sp³-hybridized carbons (Fsp3) is 0.520. The van der Waals surface area contributed by atoms with E-state index in [0.29, 0.717) is 12.0 Å². The van der Waals surface area contributed by atoms with Crippen molar-refractivity contribution in [2.24, 2.45) is 28.1 Å². The second kappa shape index (κ2) is 16.6. The number of carboxylic acid groups (broad SMARTS) is 2. The van der Waals surface area contributed by atoms with E-state index in [9.17, 15) is 29.1 Å². The molecule has 1 aromatic rings. The molecule has 0 aliphatic rings. The Morgan fingerprint density at radius 3 is 2.00 bits per heavy atom. The van der Waals surface area contributed by atoms with Gasteiger partial charge in [-0.1, -0.05) is 44.2 Å². The molecule has 11 N–H and O–H groups in total. The van der Waals surface area contributed by atoms with Crippen molar-refractivity contribution in [2.75, 3.05) is 6.54 Å². The van der Waals surface area contributed by atoms with Gasteiger partial charge in [0, 0.05) is 19.4 Å². The summed E-state index contributed by atoms with van der Waals surface area (Å²) < 4.78 is 0. The van der Waals surface area contributed by atoms with Crippen LogP contribution < -0.4 is 33.2 Å². The molecular formula is C25H39N7O7. The number of carboxylic acids is 2. The molecule has 4 atom stereocenters. The molecule has 3 amide bonds. The SMILES string of the molecule is CC(C)C(NC(=O)C(Cc1ccccc1)NC(=O)C(CCC(=O)O)NC(=O)C(N)CCCN=C(N)N)C(=O)O. The minimum Gasteiger partial charge on any atom is -0.481 e. The normalized spacial score (nSPS) is 13.8. The van der Waals surface area contributed by atoms with Crippen molar-refractivity contribution < 1.29 is 34.2 Å². The molecule has 1 aromatic carbocycles. The van der Waals surface area contributed by atoms with E-state index in [2.05, 4.69) is 20.9 Å². The largest absolute Gasteiger partial charge is 0.481 e. The average molecular weight is 550 g/mol. The van der Waals surface area contributed by atoms with Crippen molar-refractivity contribution in [2.45, 2.75) is 70.1 Å². The van der Waals surface area contributed by atoms with Crippen molar-refractivity contribution in [1.29, 1.82) is 0 Å². The zero-order chi connectivity index (χ0) is 29.5. The molecule has 39 heavy (non-hydrogen) atoms. The average Bonchev–Trinajstić information content (AvgIpc) is 2.86. The third-order valence-electron chi connectivity index (χ3n) is 5.73. The van der Waals surface area contributed by atoms with Crippen molar-refractivity contribution in [1.82, 2.24) is 16.0 Å². The molecule has 0 radical (unpaired) electrons. The van der Waals surface area contributed by atoms with Gasteiger partial charge in [-0.05, 0) is 30.7 Å². The highest BCUT2D eigenvalue weighted by Crippen LogP contribution is 2.08. The van der Waals surface area contributed by atoms with Crippen LogP contribution in [0.4, 0.5) is 0 Å². The van der Waals surface area contributed by atoms with Crippen LogP contribution in [0.3, 0.4) is 0 Å². The Labute approximate surface area is 226 Å². The molecule has 216 valence electrons. The van der Waals surface area contributed by atoms with Crippen LogP contribution in [0.2, 0.25) is 0 Å². The molecular weight excluding hydrogens is 510 g/mol. The van der Waals surface area contributed by atoms with E-state index in [1.807, 2.05) is 0 Å². The van der Waals surface area contributed by atoms with Crippen LogP contribution in [0.5, 0.6) is 0 Å². The molecule has 0 heterocycles. The number of aliphatic imine (C=N–C) groups is 1. The highest BCUT2D eigenvalue weighted by molar-refractivity contribution is 5.94. The van der Waals surface area contributed by atoms with Crippen molar-refractivity contribution >= 4 is 35.6 Å².